The van der Waals surface area contributed by atoms with Gasteiger partial charge in [-0.1, -0.05) is 17.7 Å². The number of hydrogen-bond acceptors (Lipinski definition) is 5. The monoisotopic (exact) mass is 374 g/mol. The second-order valence-corrected chi connectivity index (χ2v) is 6.28. The van der Waals surface area contributed by atoms with Gasteiger partial charge in [0.2, 0.25) is 0 Å². The van der Waals surface area contributed by atoms with Gasteiger partial charge in [-0.25, -0.2) is 0 Å². The average Bonchev–Trinajstić information content (AvgIpc) is 3.05. The van der Waals surface area contributed by atoms with E-state index in [1.807, 2.05) is 0 Å². The van der Waals surface area contributed by atoms with Crippen molar-refractivity contribution < 1.29 is 9.72 Å². The van der Waals surface area contributed by atoms with Crippen molar-refractivity contribution in [2.75, 3.05) is 39.3 Å². The van der Waals surface area contributed by atoms with E-state index in [1.165, 1.54) is 18.2 Å². The van der Waals surface area contributed by atoms with Gasteiger partial charge in [-0.3, -0.25) is 19.8 Å². The van der Waals surface area contributed by atoms with E-state index in [1.54, 1.807) is 4.90 Å². The van der Waals surface area contributed by atoms with Gasteiger partial charge >= 0.3 is 0 Å². The van der Waals surface area contributed by atoms with Crippen LogP contribution in [0.4, 0.5) is 5.69 Å². The highest BCUT2D eigenvalue weighted by Gasteiger charge is 2.34. The molecule has 2 heterocycles. The Morgan fingerprint density at radius 3 is 2.67 bits per heavy atom. The van der Waals surface area contributed by atoms with E-state index in [0.717, 1.165) is 32.6 Å². The van der Waals surface area contributed by atoms with Crippen molar-refractivity contribution in [3.63, 3.8) is 0 Å². The molecule has 0 radical (unpaired) electrons. The SMILES string of the molecule is Cl.O=C(c1c(Cl)cccc1[N+](=O)[O-])N1CCC(N2CCNCC2)C1. The van der Waals surface area contributed by atoms with Crippen molar-refractivity contribution >= 4 is 35.6 Å². The fourth-order valence-corrected chi connectivity index (χ4v) is 3.56. The van der Waals surface area contributed by atoms with Crippen molar-refractivity contribution in [1.82, 2.24) is 15.1 Å². The van der Waals surface area contributed by atoms with Crippen molar-refractivity contribution in [2.24, 2.45) is 0 Å². The third kappa shape index (κ3) is 3.80. The Bertz CT molecular complexity index is 623. The number of carbonyl (C=O) groups excluding carboxylic acids is 1. The molecular weight excluding hydrogens is 355 g/mol. The molecule has 132 valence electrons. The normalized spacial score (nSPS) is 21.4. The minimum absolute atomic E-state index is 0. The number of hydrogen-bond donors (Lipinski definition) is 1. The summed E-state index contributed by atoms with van der Waals surface area (Å²) in [4.78, 5) is 27.4. The van der Waals surface area contributed by atoms with Crippen molar-refractivity contribution in [3.8, 4) is 0 Å². The molecule has 0 saturated carbocycles. The van der Waals surface area contributed by atoms with Gasteiger partial charge in [-0.15, -0.1) is 12.4 Å². The number of nitrogens with one attached hydrogen (secondary N) is 1. The van der Waals surface area contributed by atoms with Gasteiger partial charge in [0.1, 0.15) is 5.56 Å². The molecule has 2 fully saturated rings. The van der Waals surface area contributed by atoms with Crippen LogP contribution in [0.5, 0.6) is 0 Å². The predicted molar refractivity (Wildman–Crippen MR) is 94.1 cm³/mol. The maximum absolute atomic E-state index is 12.7. The number of benzene rings is 1. The summed E-state index contributed by atoms with van der Waals surface area (Å²) in [6.07, 6.45) is 0.893. The zero-order valence-electron chi connectivity index (χ0n) is 13.1. The minimum Gasteiger partial charge on any atom is -0.337 e. The van der Waals surface area contributed by atoms with Crippen molar-refractivity contribution in [3.05, 3.63) is 38.9 Å². The molecule has 1 aromatic carbocycles. The smallest absolute Gasteiger partial charge is 0.283 e. The minimum atomic E-state index is -0.553. The number of rotatable bonds is 3. The van der Waals surface area contributed by atoms with Gasteiger partial charge < -0.3 is 10.2 Å². The molecule has 2 saturated heterocycles. The highest BCUT2D eigenvalue weighted by Crippen LogP contribution is 2.29. The molecule has 1 unspecified atom stereocenters. The van der Waals surface area contributed by atoms with Gasteiger partial charge in [-0.2, -0.15) is 0 Å². The van der Waals surface area contributed by atoms with Crippen LogP contribution in [0.2, 0.25) is 5.02 Å². The number of halogens is 2. The molecular formula is C15H20Cl2N4O3. The van der Waals surface area contributed by atoms with Crippen LogP contribution in [0.25, 0.3) is 0 Å². The van der Waals surface area contributed by atoms with E-state index in [-0.39, 0.29) is 34.6 Å². The molecule has 9 heteroatoms. The Kier molecular flexibility index (Phi) is 6.40. The van der Waals surface area contributed by atoms with Crippen LogP contribution < -0.4 is 5.32 Å². The maximum Gasteiger partial charge on any atom is 0.283 e. The van der Waals surface area contributed by atoms with Gasteiger partial charge in [0, 0.05) is 51.4 Å². The number of nitrogens with zero attached hydrogens (tertiary/aromatic N) is 3. The van der Waals surface area contributed by atoms with E-state index in [2.05, 4.69) is 10.2 Å². The van der Waals surface area contributed by atoms with Crippen LogP contribution in [0.3, 0.4) is 0 Å². The molecule has 0 bridgehead atoms. The summed E-state index contributed by atoms with van der Waals surface area (Å²) in [5.41, 5.74) is -0.228. The van der Waals surface area contributed by atoms with Gasteiger partial charge in [0.25, 0.3) is 11.6 Å². The highest BCUT2D eigenvalue weighted by atomic mass is 35.5. The molecule has 1 amide bonds. The average molecular weight is 375 g/mol. The van der Waals surface area contributed by atoms with E-state index in [0.29, 0.717) is 19.1 Å². The highest BCUT2D eigenvalue weighted by molar-refractivity contribution is 6.34. The van der Waals surface area contributed by atoms with Crippen LogP contribution in [-0.2, 0) is 0 Å². The van der Waals surface area contributed by atoms with Crippen LogP contribution >= 0.6 is 24.0 Å². The van der Waals surface area contributed by atoms with E-state index in [9.17, 15) is 14.9 Å². The first-order chi connectivity index (χ1) is 11.1. The van der Waals surface area contributed by atoms with Crippen LogP contribution in [0.15, 0.2) is 18.2 Å². The predicted octanol–water partition coefficient (Wildman–Crippen LogP) is 1.79. The molecule has 1 atom stereocenters. The molecule has 0 spiro atoms. The second-order valence-electron chi connectivity index (χ2n) is 5.87. The van der Waals surface area contributed by atoms with Crippen LogP contribution in [-0.4, -0.2) is 65.9 Å². The van der Waals surface area contributed by atoms with Crippen molar-refractivity contribution in [2.45, 2.75) is 12.5 Å². The molecule has 1 N–H and O–H groups in total. The summed E-state index contributed by atoms with van der Waals surface area (Å²) < 4.78 is 0. The summed E-state index contributed by atoms with van der Waals surface area (Å²) in [5, 5.41) is 14.6. The number of amides is 1. The number of carbonyl (C=O) groups is 1. The molecule has 2 aliphatic heterocycles. The quantitative estimate of drug-likeness (QED) is 0.644. The zero-order valence-corrected chi connectivity index (χ0v) is 14.7. The Hall–Kier alpha value is -1.41. The number of piperazine rings is 1. The standard InChI is InChI=1S/C15H19ClN4O3.ClH/c16-12-2-1-3-13(20(22)23)14(12)15(21)19-7-4-11(10-19)18-8-5-17-6-9-18;/h1-3,11,17H,4-10H2;1H. The molecule has 0 aliphatic carbocycles. The summed E-state index contributed by atoms with van der Waals surface area (Å²) in [6.45, 7) is 5.07. The zero-order chi connectivity index (χ0) is 16.4. The topological polar surface area (TPSA) is 78.7 Å². The Morgan fingerprint density at radius 2 is 2.00 bits per heavy atom. The van der Waals surface area contributed by atoms with Crippen LogP contribution in [0.1, 0.15) is 16.8 Å². The van der Waals surface area contributed by atoms with Gasteiger partial charge in [0.05, 0.1) is 9.95 Å². The largest absolute Gasteiger partial charge is 0.337 e. The first-order valence-corrected chi connectivity index (χ1v) is 8.12. The number of nitro benzene ring substituents is 1. The lowest BCUT2D eigenvalue weighted by atomic mass is 10.1. The molecule has 7 nitrogen and oxygen atoms in total. The first-order valence-electron chi connectivity index (χ1n) is 7.75. The molecule has 0 aromatic heterocycles. The molecule has 1 aromatic rings. The number of likely N-dealkylation sites (tertiary alicyclic amines) is 1. The maximum atomic E-state index is 12.7. The molecule has 3 rings (SSSR count). The molecule has 2 aliphatic rings. The summed E-state index contributed by atoms with van der Waals surface area (Å²) >= 11 is 6.06. The number of nitro groups is 1. The lowest BCUT2D eigenvalue weighted by Crippen LogP contribution is -2.49. The lowest BCUT2D eigenvalue weighted by molar-refractivity contribution is -0.385. The Balaban J connectivity index is 0.00000208. The fraction of sp³-hybridized carbons (Fsp3) is 0.533. The van der Waals surface area contributed by atoms with E-state index >= 15 is 0 Å². The van der Waals surface area contributed by atoms with Crippen LogP contribution in [0, 0.1) is 10.1 Å². The molecule has 24 heavy (non-hydrogen) atoms. The first kappa shape index (κ1) is 18.9. The third-order valence-corrected chi connectivity index (χ3v) is 4.84. The van der Waals surface area contributed by atoms with E-state index in [4.69, 9.17) is 11.6 Å². The summed E-state index contributed by atoms with van der Waals surface area (Å²) in [6, 6.07) is 4.65. The van der Waals surface area contributed by atoms with Crippen molar-refractivity contribution in [1.29, 1.82) is 0 Å². The lowest BCUT2D eigenvalue weighted by Gasteiger charge is -2.32. The Labute approximate surface area is 151 Å². The Morgan fingerprint density at radius 1 is 1.29 bits per heavy atom. The second kappa shape index (κ2) is 8.11. The van der Waals surface area contributed by atoms with Gasteiger partial charge in [0.15, 0.2) is 0 Å². The van der Waals surface area contributed by atoms with E-state index < -0.39 is 4.92 Å². The summed E-state index contributed by atoms with van der Waals surface area (Å²) in [7, 11) is 0. The van der Waals surface area contributed by atoms with Gasteiger partial charge in [-0.05, 0) is 12.5 Å². The third-order valence-electron chi connectivity index (χ3n) is 4.52. The fourth-order valence-electron chi connectivity index (χ4n) is 3.31. The summed E-state index contributed by atoms with van der Waals surface area (Å²) in [5.74, 6) is -0.347.